The number of alkyl carbamates (subject to hydrolysis) is 1. The number of esters is 1. The van der Waals surface area contributed by atoms with Crippen molar-refractivity contribution in [2.24, 2.45) is 0 Å². The summed E-state index contributed by atoms with van der Waals surface area (Å²) in [6.45, 7) is 11.2. The molecular formula is C24H33Cl2N3O6. The Morgan fingerprint density at radius 1 is 0.886 bits per heavy atom. The second-order valence-corrected chi connectivity index (χ2v) is 11.0. The number of benzene rings is 1. The molecule has 35 heavy (non-hydrogen) atoms. The van der Waals surface area contributed by atoms with Gasteiger partial charge in [0.1, 0.15) is 17.2 Å². The number of amides is 3. The molecule has 1 atom stereocenters. The minimum Gasteiger partial charge on any atom is -0.458 e. The molecule has 1 aliphatic heterocycles. The first-order valence-corrected chi connectivity index (χ1v) is 12.1. The summed E-state index contributed by atoms with van der Waals surface area (Å²) in [7, 11) is 0. The van der Waals surface area contributed by atoms with E-state index < -0.39 is 29.3 Å². The fourth-order valence-electron chi connectivity index (χ4n) is 3.34. The van der Waals surface area contributed by atoms with Crippen LogP contribution in [0.3, 0.4) is 0 Å². The van der Waals surface area contributed by atoms with Crippen LogP contribution in [0.4, 0.5) is 4.79 Å². The van der Waals surface area contributed by atoms with Crippen molar-refractivity contribution in [3.05, 3.63) is 33.8 Å². The van der Waals surface area contributed by atoms with Crippen LogP contribution in [0, 0.1) is 0 Å². The Labute approximate surface area is 216 Å². The van der Waals surface area contributed by atoms with E-state index >= 15 is 0 Å². The van der Waals surface area contributed by atoms with Gasteiger partial charge in [-0.2, -0.15) is 0 Å². The minimum atomic E-state index is -1.22. The molecule has 1 saturated heterocycles. The summed E-state index contributed by atoms with van der Waals surface area (Å²) in [6, 6.07) is 3.62. The lowest BCUT2D eigenvalue weighted by Crippen LogP contribution is -2.53. The SMILES string of the molecule is CC(C)(C)OC(=O)N[C@@H](CC(=O)N1CCN(C(=O)c2c(Cl)cccc2Cl)CC1)C(=O)OC(C)(C)C. The summed E-state index contributed by atoms with van der Waals surface area (Å²) >= 11 is 12.3. The predicted octanol–water partition coefficient (Wildman–Crippen LogP) is 3.90. The third-order valence-corrected chi connectivity index (χ3v) is 5.49. The lowest BCUT2D eigenvalue weighted by molar-refractivity contribution is -0.159. The number of carbonyl (C=O) groups excluding carboxylic acids is 4. The fourth-order valence-corrected chi connectivity index (χ4v) is 3.90. The molecule has 194 valence electrons. The van der Waals surface area contributed by atoms with E-state index in [0.29, 0.717) is 0 Å². The average molecular weight is 530 g/mol. The van der Waals surface area contributed by atoms with E-state index in [4.69, 9.17) is 32.7 Å². The molecule has 0 aliphatic carbocycles. The molecule has 0 radical (unpaired) electrons. The van der Waals surface area contributed by atoms with Crippen LogP contribution in [-0.2, 0) is 19.1 Å². The van der Waals surface area contributed by atoms with Crippen molar-refractivity contribution in [2.45, 2.75) is 65.2 Å². The van der Waals surface area contributed by atoms with Crippen LogP contribution in [-0.4, -0.2) is 77.1 Å². The van der Waals surface area contributed by atoms with Crippen molar-refractivity contribution < 1.29 is 28.7 Å². The Bertz CT molecular complexity index is 943. The van der Waals surface area contributed by atoms with Gasteiger partial charge in [0.05, 0.1) is 22.0 Å². The highest BCUT2D eigenvalue weighted by atomic mass is 35.5. The van der Waals surface area contributed by atoms with Crippen molar-refractivity contribution in [1.29, 1.82) is 0 Å². The molecule has 2 rings (SSSR count). The van der Waals surface area contributed by atoms with Crippen LogP contribution in [0.5, 0.6) is 0 Å². The van der Waals surface area contributed by atoms with Crippen LogP contribution < -0.4 is 5.32 Å². The highest BCUT2D eigenvalue weighted by Gasteiger charge is 2.33. The standard InChI is InChI=1S/C24H33Cl2N3O6/c1-23(2,3)34-21(32)17(27-22(33)35-24(4,5)6)14-18(30)28-10-12-29(13-11-28)20(31)19-15(25)8-7-9-16(19)26/h7-9,17H,10-14H2,1-6H3,(H,27,33)/t17-/m0/s1. The van der Waals surface area contributed by atoms with Crippen molar-refractivity contribution in [1.82, 2.24) is 15.1 Å². The first-order chi connectivity index (χ1) is 16.1. The Balaban J connectivity index is 2.04. The summed E-state index contributed by atoms with van der Waals surface area (Å²) in [5.74, 6) is -1.41. The summed E-state index contributed by atoms with van der Waals surface area (Å²) in [5.41, 5.74) is -1.36. The molecule has 1 N–H and O–H groups in total. The van der Waals surface area contributed by atoms with E-state index in [1.54, 1.807) is 64.6 Å². The van der Waals surface area contributed by atoms with Gasteiger partial charge in [-0.25, -0.2) is 9.59 Å². The summed E-state index contributed by atoms with van der Waals surface area (Å²) in [5, 5.41) is 2.97. The van der Waals surface area contributed by atoms with Gasteiger partial charge in [-0.1, -0.05) is 29.3 Å². The van der Waals surface area contributed by atoms with Gasteiger partial charge in [-0.3, -0.25) is 9.59 Å². The van der Waals surface area contributed by atoms with Crippen molar-refractivity contribution in [3.63, 3.8) is 0 Å². The molecule has 0 unspecified atom stereocenters. The molecule has 1 heterocycles. The zero-order chi connectivity index (χ0) is 26.6. The number of hydrogen-bond donors (Lipinski definition) is 1. The Hall–Kier alpha value is -2.52. The third-order valence-electron chi connectivity index (χ3n) is 4.86. The van der Waals surface area contributed by atoms with Crippen LogP contribution >= 0.6 is 23.2 Å². The van der Waals surface area contributed by atoms with Crippen molar-refractivity contribution >= 4 is 47.1 Å². The smallest absolute Gasteiger partial charge is 0.408 e. The number of rotatable bonds is 5. The Kier molecular flexibility index (Phi) is 9.42. The fraction of sp³-hybridized carbons (Fsp3) is 0.583. The maximum absolute atomic E-state index is 13.0. The Morgan fingerprint density at radius 3 is 1.86 bits per heavy atom. The van der Waals surface area contributed by atoms with Gasteiger partial charge in [0.2, 0.25) is 5.91 Å². The zero-order valence-corrected chi connectivity index (χ0v) is 22.5. The number of carbonyl (C=O) groups is 4. The van der Waals surface area contributed by atoms with Gasteiger partial charge in [-0.15, -0.1) is 0 Å². The number of piperazine rings is 1. The molecule has 11 heteroatoms. The molecule has 0 aromatic heterocycles. The second kappa shape index (κ2) is 11.5. The first kappa shape index (κ1) is 28.7. The summed E-state index contributed by atoms with van der Waals surface area (Å²) in [6.07, 6.45) is -1.13. The van der Waals surface area contributed by atoms with E-state index in [2.05, 4.69) is 5.32 Å². The van der Waals surface area contributed by atoms with Crippen molar-refractivity contribution in [2.75, 3.05) is 26.2 Å². The van der Waals surface area contributed by atoms with E-state index in [-0.39, 0.29) is 60.0 Å². The molecule has 1 aromatic carbocycles. The quantitative estimate of drug-likeness (QED) is 0.579. The number of hydrogen-bond acceptors (Lipinski definition) is 6. The van der Waals surface area contributed by atoms with E-state index in [0.717, 1.165) is 0 Å². The maximum Gasteiger partial charge on any atom is 0.408 e. The highest BCUT2D eigenvalue weighted by molar-refractivity contribution is 6.39. The molecule has 9 nitrogen and oxygen atoms in total. The van der Waals surface area contributed by atoms with Crippen LogP contribution in [0.1, 0.15) is 58.3 Å². The van der Waals surface area contributed by atoms with Gasteiger partial charge < -0.3 is 24.6 Å². The third kappa shape index (κ3) is 8.89. The minimum absolute atomic E-state index is 0.224. The largest absolute Gasteiger partial charge is 0.458 e. The van der Waals surface area contributed by atoms with E-state index in [1.807, 2.05) is 0 Å². The molecule has 1 aromatic rings. The summed E-state index contributed by atoms with van der Waals surface area (Å²) in [4.78, 5) is 53.9. The first-order valence-electron chi connectivity index (χ1n) is 11.3. The van der Waals surface area contributed by atoms with Gasteiger partial charge in [0.15, 0.2) is 0 Å². The van der Waals surface area contributed by atoms with Gasteiger partial charge >= 0.3 is 12.1 Å². The molecule has 0 bridgehead atoms. The number of nitrogens with zero attached hydrogens (tertiary/aromatic N) is 2. The zero-order valence-electron chi connectivity index (χ0n) is 20.9. The highest BCUT2D eigenvalue weighted by Crippen LogP contribution is 2.26. The van der Waals surface area contributed by atoms with Gasteiger partial charge in [0, 0.05) is 26.2 Å². The van der Waals surface area contributed by atoms with Gasteiger partial charge in [0.25, 0.3) is 5.91 Å². The second-order valence-electron chi connectivity index (χ2n) is 10.2. The maximum atomic E-state index is 13.0. The Morgan fingerprint density at radius 2 is 1.37 bits per heavy atom. The van der Waals surface area contributed by atoms with E-state index in [1.165, 1.54) is 4.90 Å². The van der Waals surface area contributed by atoms with E-state index in [9.17, 15) is 19.2 Å². The average Bonchev–Trinajstić information content (AvgIpc) is 2.70. The summed E-state index contributed by atoms with van der Waals surface area (Å²) < 4.78 is 10.6. The lowest BCUT2D eigenvalue weighted by atomic mass is 10.1. The molecule has 3 amide bonds. The normalized spacial score (nSPS) is 15.3. The molecule has 1 aliphatic rings. The van der Waals surface area contributed by atoms with Gasteiger partial charge in [-0.05, 0) is 53.7 Å². The number of ether oxygens (including phenoxy) is 2. The van der Waals surface area contributed by atoms with Crippen molar-refractivity contribution in [3.8, 4) is 0 Å². The number of halogens is 2. The molecule has 0 saturated carbocycles. The monoisotopic (exact) mass is 529 g/mol. The lowest BCUT2D eigenvalue weighted by Gasteiger charge is -2.35. The molecular weight excluding hydrogens is 497 g/mol. The van der Waals surface area contributed by atoms with Crippen LogP contribution in [0.15, 0.2) is 18.2 Å². The number of nitrogens with one attached hydrogen (secondary N) is 1. The van der Waals surface area contributed by atoms with Crippen LogP contribution in [0.2, 0.25) is 10.0 Å². The molecule has 1 fully saturated rings. The van der Waals surface area contributed by atoms with Crippen LogP contribution in [0.25, 0.3) is 0 Å². The topological polar surface area (TPSA) is 105 Å². The molecule has 0 spiro atoms. The predicted molar refractivity (Wildman–Crippen MR) is 133 cm³/mol.